The molecule has 1 saturated carbocycles. The summed E-state index contributed by atoms with van der Waals surface area (Å²) in [5, 5.41) is 14.5. The molecule has 2 aromatic heterocycles. The van der Waals surface area contributed by atoms with Gasteiger partial charge in [-0.1, -0.05) is 17.7 Å². The number of esters is 1. The van der Waals surface area contributed by atoms with Crippen LogP contribution in [0.2, 0.25) is 5.02 Å². The van der Waals surface area contributed by atoms with E-state index in [0.717, 1.165) is 6.07 Å². The number of carbonyl (C=O) groups is 2. The number of carboxylic acid groups (broad SMARTS) is 1. The Morgan fingerprint density at radius 3 is 2.58 bits per heavy atom. The van der Waals surface area contributed by atoms with E-state index in [4.69, 9.17) is 20.8 Å². The fourth-order valence-electron chi connectivity index (χ4n) is 5.17. The number of halogens is 3. The van der Waals surface area contributed by atoms with Crippen LogP contribution in [0, 0.1) is 24.5 Å². The molecule has 1 fully saturated rings. The third kappa shape index (κ3) is 5.25. The van der Waals surface area contributed by atoms with Gasteiger partial charge >= 0.3 is 11.9 Å². The van der Waals surface area contributed by atoms with E-state index in [-0.39, 0.29) is 41.0 Å². The Morgan fingerprint density at radius 1 is 1.23 bits per heavy atom. The molecule has 1 aromatic carbocycles. The van der Waals surface area contributed by atoms with Gasteiger partial charge in [0.25, 0.3) is 0 Å². The van der Waals surface area contributed by atoms with Gasteiger partial charge in [-0.15, -0.1) is 11.3 Å². The number of aromatic nitrogens is 2. The fraction of sp³-hybridized carbons (Fsp3) is 0.370. The number of carboxylic acids is 1. The van der Waals surface area contributed by atoms with Gasteiger partial charge in [0.05, 0.1) is 17.2 Å². The molecule has 210 valence electrons. The number of nitrogens with zero attached hydrogens (tertiary/aromatic N) is 3. The first kappa shape index (κ1) is 27.9. The van der Waals surface area contributed by atoms with Crippen LogP contribution in [0.25, 0.3) is 0 Å². The standard InChI is InChI=1S/C27H25ClF2N4O5S/c1-3-38-27(37)17-21(13-4-6-14(7-5-13)24-34-20(26(35)36)12(2)39-24)32-23(25-31-10-11-40-25)33-22(17)15-8-9-16(29)19(30)18(15)28/h8-11,13-14,22H,3-7H2,1-2H3,(H,32,33)(H,35,36). The number of allylic oxidation sites excluding steroid dienone is 1. The van der Waals surface area contributed by atoms with Crippen LogP contribution in [0.5, 0.6) is 0 Å². The predicted molar refractivity (Wildman–Crippen MR) is 142 cm³/mol. The van der Waals surface area contributed by atoms with Crippen molar-refractivity contribution in [2.24, 2.45) is 10.9 Å². The Labute approximate surface area is 237 Å². The largest absolute Gasteiger partial charge is 0.476 e. The lowest BCUT2D eigenvalue weighted by atomic mass is 9.78. The van der Waals surface area contributed by atoms with Gasteiger partial charge < -0.3 is 19.6 Å². The molecule has 3 aromatic rings. The van der Waals surface area contributed by atoms with E-state index in [1.54, 1.807) is 25.4 Å². The van der Waals surface area contributed by atoms with E-state index in [9.17, 15) is 23.5 Å². The van der Waals surface area contributed by atoms with Gasteiger partial charge in [0.15, 0.2) is 34.1 Å². The van der Waals surface area contributed by atoms with Crippen LogP contribution in [0.3, 0.4) is 0 Å². The monoisotopic (exact) mass is 590 g/mol. The molecule has 0 amide bonds. The number of oxazole rings is 1. The Bertz CT molecular complexity index is 1510. The maximum absolute atomic E-state index is 14.6. The van der Waals surface area contributed by atoms with E-state index in [2.05, 4.69) is 20.3 Å². The molecular formula is C27H25ClF2N4O5S. The minimum absolute atomic E-state index is 0.0955. The molecule has 2 aliphatic rings. The van der Waals surface area contributed by atoms with Crippen LogP contribution in [0.1, 0.15) is 77.3 Å². The molecule has 1 atom stereocenters. The molecule has 0 spiro atoms. The van der Waals surface area contributed by atoms with Gasteiger partial charge in [-0.3, -0.25) is 4.99 Å². The molecular weight excluding hydrogens is 566 g/mol. The highest BCUT2D eigenvalue weighted by atomic mass is 35.5. The first-order chi connectivity index (χ1) is 19.2. The summed E-state index contributed by atoms with van der Waals surface area (Å²) in [6, 6.07) is 1.20. The lowest BCUT2D eigenvalue weighted by Crippen LogP contribution is -2.38. The maximum Gasteiger partial charge on any atom is 0.358 e. The molecule has 1 unspecified atom stereocenters. The second-order valence-corrected chi connectivity index (χ2v) is 10.7. The summed E-state index contributed by atoms with van der Waals surface area (Å²) in [6.07, 6.45) is 4.05. The number of hydrogen-bond donors (Lipinski definition) is 2. The number of aromatic carboxylic acids is 1. The number of carbonyl (C=O) groups excluding carboxylic acids is 1. The van der Waals surface area contributed by atoms with E-state index in [1.165, 1.54) is 17.4 Å². The van der Waals surface area contributed by atoms with Crippen molar-refractivity contribution in [3.63, 3.8) is 0 Å². The molecule has 0 bridgehead atoms. The SMILES string of the molecule is CCOC(=O)C1=C(C2CCC(c3nc(C(=O)O)c(C)o3)CC2)NC(c2nccs2)=NC1c1ccc(F)c(F)c1Cl. The van der Waals surface area contributed by atoms with Crippen molar-refractivity contribution in [2.45, 2.75) is 51.5 Å². The van der Waals surface area contributed by atoms with Crippen molar-refractivity contribution in [2.75, 3.05) is 6.61 Å². The molecule has 0 saturated heterocycles. The number of thiazole rings is 1. The van der Waals surface area contributed by atoms with Crippen LogP contribution < -0.4 is 5.32 Å². The lowest BCUT2D eigenvalue weighted by molar-refractivity contribution is -0.139. The molecule has 3 heterocycles. The van der Waals surface area contributed by atoms with Gasteiger partial charge in [-0.25, -0.2) is 28.3 Å². The second kappa shape index (κ2) is 11.5. The molecule has 1 aliphatic carbocycles. The number of hydrogen-bond acceptors (Lipinski definition) is 9. The maximum atomic E-state index is 14.6. The predicted octanol–water partition coefficient (Wildman–Crippen LogP) is 5.95. The second-order valence-electron chi connectivity index (χ2n) is 9.47. The lowest BCUT2D eigenvalue weighted by Gasteiger charge is -2.34. The summed E-state index contributed by atoms with van der Waals surface area (Å²) in [5.41, 5.74) is 0.743. The molecule has 2 N–H and O–H groups in total. The number of aliphatic imine (C=N–C) groups is 1. The number of nitrogens with one attached hydrogen (secondary N) is 1. The first-order valence-electron chi connectivity index (χ1n) is 12.7. The number of benzene rings is 1. The van der Waals surface area contributed by atoms with Crippen LogP contribution >= 0.6 is 22.9 Å². The molecule has 1 aliphatic heterocycles. The average molecular weight is 591 g/mol. The van der Waals surface area contributed by atoms with Crippen LogP contribution in [-0.4, -0.2) is 39.5 Å². The summed E-state index contributed by atoms with van der Waals surface area (Å²) in [6.45, 7) is 3.34. The normalized spacial score (nSPS) is 21.1. The molecule has 5 rings (SSSR count). The van der Waals surface area contributed by atoms with Crippen molar-refractivity contribution in [3.05, 3.63) is 79.6 Å². The summed E-state index contributed by atoms with van der Waals surface area (Å²) in [7, 11) is 0. The first-order valence-corrected chi connectivity index (χ1v) is 13.9. The minimum Gasteiger partial charge on any atom is -0.476 e. The zero-order valence-corrected chi connectivity index (χ0v) is 23.1. The summed E-state index contributed by atoms with van der Waals surface area (Å²) >= 11 is 7.59. The van der Waals surface area contributed by atoms with Gasteiger partial charge in [0.2, 0.25) is 0 Å². The number of amidine groups is 1. The fourth-order valence-corrected chi connectivity index (χ4v) is 6.01. The number of aryl methyl sites for hydroxylation is 1. The molecule has 40 heavy (non-hydrogen) atoms. The zero-order valence-electron chi connectivity index (χ0n) is 21.5. The zero-order chi connectivity index (χ0) is 28.6. The van der Waals surface area contributed by atoms with Crippen molar-refractivity contribution in [1.82, 2.24) is 15.3 Å². The van der Waals surface area contributed by atoms with Crippen molar-refractivity contribution in [1.29, 1.82) is 0 Å². The minimum atomic E-state index is -1.23. The number of rotatable bonds is 7. The summed E-state index contributed by atoms with van der Waals surface area (Å²) in [5.74, 6) is -3.38. The van der Waals surface area contributed by atoms with Gasteiger partial charge in [-0.05, 0) is 51.5 Å². The van der Waals surface area contributed by atoms with Crippen molar-refractivity contribution >= 4 is 40.7 Å². The van der Waals surface area contributed by atoms with E-state index < -0.39 is 34.6 Å². The van der Waals surface area contributed by atoms with Crippen molar-refractivity contribution < 1.29 is 32.6 Å². The Morgan fingerprint density at radius 2 is 1.95 bits per heavy atom. The topological polar surface area (TPSA) is 127 Å². The van der Waals surface area contributed by atoms with Crippen molar-refractivity contribution in [3.8, 4) is 0 Å². The van der Waals surface area contributed by atoms with Gasteiger partial charge in [-0.2, -0.15) is 0 Å². The van der Waals surface area contributed by atoms with E-state index in [0.29, 0.717) is 48.1 Å². The van der Waals surface area contributed by atoms with Crippen LogP contribution in [0.4, 0.5) is 8.78 Å². The van der Waals surface area contributed by atoms with Crippen LogP contribution in [0.15, 0.2) is 44.4 Å². The highest BCUT2D eigenvalue weighted by molar-refractivity contribution is 7.11. The Balaban J connectivity index is 1.54. The Kier molecular flexibility index (Phi) is 7.99. The molecule has 9 nitrogen and oxygen atoms in total. The smallest absolute Gasteiger partial charge is 0.358 e. The van der Waals surface area contributed by atoms with Gasteiger partial charge in [0.1, 0.15) is 11.8 Å². The quantitative estimate of drug-likeness (QED) is 0.255. The Hall–Kier alpha value is -3.64. The summed E-state index contributed by atoms with van der Waals surface area (Å²) < 4.78 is 39.6. The van der Waals surface area contributed by atoms with Crippen LogP contribution in [-0.2, 0) is 9.53 Å². The third-order valence-electron chi connectivity index (χ3n) is 7.07. The highest BCUT2D eigenvalue weighted by Crippen LogP contribution is 2.44. The average Bonchev–Trinajstić information content (AvgIpc) is 3.62. The summed E-state index contributed by atoms with van der Waals surface area (Å²) in [4.78, 5) is 38.0. The number of ether oxygens (including phenoxy) is 1. The third-order valence-corrected chi connectivity index (χ3v) is 8.23. The highest BCUT2D eigenvalue weighted by Gasteiger charge is 2.39. The van der Waals surface area contributed by atoms with E-state index >= 15 is 0 Å². The molecule has 0 radical (unpaired) electrons. The van der Waals surface area contributed by atoms with E-state index in [1.807, 2.05) is 0 Å². The van der Waals surface area contributed by atoms with Gasteiger partial charge in [0, 0.05) is 28.8 Å². The molecule has 13 heteroatoms.